The Morgan fingerprint density at radius 3 is 2.56 bits per heavy atom. The van der Waals surface area contributed by atoms with Crippen LogP contribution in [0.2, 0.25) is 0 Å². The van der Waals surface area contributed by atoms with Crippen molar-refractivity contribution in [2.75, 3.05) is 13.1 Å². The molecule has 1 fully saturated rings. The molecule has 0 aromatic rings. The van der Waals surface area contributed by atoms with Crippen LogP contribution in [0.3, 0.4) is 0 Å². The van der Waals surface area contributed by atoms with Crippen LogP contribution in [0.4, 0.5) is 4.79 Å². The van der Waals surface area contributed by atoms with Crippen LogP contribution >= 0.6 is 0 Å². The van der Waals surface area contributed by atoms with E-state index >= 15 is 0 Å². The highest BCUT2D eigenvalue weighted by Gasteiger charge is 2.38. The molecule has 1 heterocycles. The summed E-state index contributed by atoms with van der Waals surface area (Å²) < 4.78 is 0. The number of rotatable bonds is 4. The Morgan fingerprint density at radius 1 is 1.56 bits per heavy atom. The molecule has 102 valence electrons. The number of hydrogen-bond acceptors (Lipinski definition) is 3. The summed E-state index contributed by atoms with van der Waals surface area (Å²) in [6.45, 7) is 5.31. The number of carboxylic acid groups (broad SMARTS) is 1. The largest absolute Gasteiger partial charge is 0.480 e. The molecule has 1 unspecified atom stereocenters. The number of carbonyl (C=O) groups excluding carboxylic acids is 2. The highest BCUT2D eigenvalue weighted by molar-refractivity contribution is 5.86. The molecule has 0 aromatic carbocycles. The minimum Gasteiger partial charge on any atom is -0.480 e. The summed E-state index contributed by atoms with van der Waals surface area (Å²) in [5, 5.41) is 14.4. The molecule has 7 nitrogen and oxygen atoms in total. The SMILES string of the molecule is CCN(C(=O)NC1CNC(=O)C1)C(C)(C)C(=O)O. The quantitative estimate of drug-likeness (QED) is 0.647. The molecule has 1 atom stereocenters. The average Bonchev–Trinajstić information content (AvgIpc) is 2.64. The zero-order chi connectivity index (χ0) is 13.9. The van der Waals surface area contributed by atoms with Crippen molar-refractivity contribution in [2.24, 2.45) is 0 Å². The van der Waals surface area contributed by atoms with Crippen molar-refractivity contribution >= 4 is 17.9 Å². The molecule has 0 bridgehead atoms. The molecule has 0 saturated carbocycles. The number of aliphatic carboxylic acids is 1. The summed E-state index contributed by atoms with van der Waals surface area (Å²) in [5.41, 5.74) is -1.28. The van der Waals surface area contributed by atoms with E-state index in [1.165, 1.54) is 18.7 Å². The van der Waals surface area contributed by atoms with Crippen molar-refractivity contribution in [2.45, 2.75) is 38.8 Å². The zero-order valence-corrected chi connectivity index (χ0v) is 10.8. The molecule has 0 aromatic heterocycles. The summed E-state index contributed by atoms with van der Waals surface area (Å²) in [6, 6.07) is -0.741. The van der Waals surface area contributed by atoms with Crippen LogP contribution in [0.25, 0.3) is 0 Å². The first-order chi connectivity index (χ1) is 8.28. The van der Waals surface area contributed by atoms with Gasteiger partial charge in [0.2, 0.25) is 5.91 Å². The van der Waals surface area contributed by atoms with Crippen LogP contribution in [-0.2, 0) is 9.59 Å². The van der Waals surface area contributed by atoms with Crippen molar-refractivity contribution in [3.8, 4) is 0 Å². The minimum absolute atomic E-state index is 0.110. The number of carbonyl (C=O) groups is 3. The van der Waals surface area contributed by atoms with E-state index in [2.05, 4.69) is 10.6 Å². The highest BCUT2D eigenvalue weighted by Crippen LogP contribution is 2.15. The van der Waals surface area contributed by atoms with Crippen LogP contribution in [-0.4, -0.2) is 52.6 Å². The first-order valence-electron chi connectivity index (χ1n) is 5.87. The molecule has 18 heavy (non-hydrogen) atoms. The topological polar surface area (TPSA) is 98.7 Å². The fraction of sp³-hybridized carbons (Fsp3) is 0.727. The van der Waals surface area contributed by atoms with Gasteiger partial charge in [0.25, 0.3) is 0 Å². The molecule has 1 aliphatic rings. The number of nitrogens with one attached hydrogen (secondary N) is 2. The van der Waals surface area contributed by atoms with Gasteiger partial charge < -0.3 is 20.6 Å². The van der Waals surface area contributed by atoms with E-state index in [9.17, 15) is 14.4 Å². The van der Waals surface area contributed by atoms with E-state index in [-0.39, 0.29) is 24.9 Å². The molecule has 7 heteroatoms. The minimum atomic E-state index is -1.28. The Bertz CT molecular complexity index is 367. The lowest BCUT2D eigenvalue weighted by atomic mass is 10.0. The van der Waals surface area contributed by atoms with Crippen molar-refractivity contribution in [3.63, 3.8) is 0 Å². The van der Waals surface area contributed by atoms with E-state index in [4.69, 9.17) is 5.11 Å². The van der Waals surface area contributed by atoms with Gasteiger partial charge in [0, 0.05) is 19.5 Å². The summed E-state index contributed by atoms with van der Waals surface area (Å²) in [4.78, 5) is 35.4. The van der Waals surface area contributed by atoms with Gasteiger partial charge in [0.05, 0.1) is 6.04 Å². The van der Waals surface area contributed by atoms with Gasteiger partial charge in [0.1, 0.15) is 5.54 Å². The number of likely N-dealkylation sites (N-methyl/N-ethyl adjacent to an activating group) is 1. The van der Waals surface area contributed by atoms with Crippen LogP contribution in [0.15, 0.2) is 0 Å². The van der Waals surface area contributed by atoms with E-state index in [0.717, 1.165) is 0 Å². The predicted octanol–water partition coefficient (Wildman–Crippen LogP) is -0.230. The Hall–Kier alpha value is -1.79. The maximum absolute atomic E-state index is 12.0. The molecule has 3 amide bonds. The van der Waals surface area contributed by atoms with Crippen molar-refractivity contribution in [1.29, 1.82) is 0 Å². The Kier molecular flexibility index (Phi) is 4.15. The van der Waals surface area contributed by atoms with Gasteiger partial charge in [-0.05, 0) is 20.8 Å². The standard InChI is InChI=1S/C11H19N3O4/c1-4-14(11(2,3)9(16)17)10(18)13-7-5-8(15)12-6-7/h7H,4-6H2,1-3H3,(H,12,15)(H,13,18)(H,16,17). The monoisotopic (exact) mass is 257 g/mol. The summed E-state index contributed by atoms with van der Waals surface area (Å²) in [6.07, 6.45) is 0.233. The van der Waals surface area contributed by atoms with E-state index in [1.807, 2.05) is 0 Å². The second-order valence-corrected chi connectivity index (χ2v) is 4.76. The highest BCUT2D eigenvalue weighted by atomic mass is 16.4. The maximum Gasteiger partial charge on any atom is 0.329 e. The third-order valence-electron chi connectivity index (χ3n) is 3.06. The number of amides is 3. The normalized spacial score (nSPS) is 19.3. The molecule has 1 aliphatic heterocycles. The molecular weight excluding hydrogens is 238 g/mol. The Labute approximate surface area is 106 Å². The van der Waals surface area contributed by atoms with Crippen LogP contribution < -0.4 is 10.6 Å². The second-order valence-electron chi connectivity index (χ2n) is 4.76. The second kappa shape index (κ2) is 5.24. The van der Waals surface area contributed by atoms with Crippen molar-refractivity contribution in [1.82, 2.24) is 15.5 Å². The average molecular weight is 257 g/mol. The summed E-state index contributed by atoms with van der Waals surface area (Å²) in [5.74, 6) is -1.18. The molecular formula is C11H19N3O4. The first-order valence-corrected chi connectivity index (χ1v) is 5.87. The van der Waals surface area contributed by atoms with E-state index < -0.39 is 17.5 Å². The fourth-order valence-electron chi connectivity index (χ4n) is 1.87. The zero-order valence-electron chi connectivity index (χ0n) is 10.8. The lowest BCUT2D eigenvalue weighted by Crippen LogP contribution is -2.57. The molecule has 0 spiro atoms. The number of urea groups is 1. The van der Waals surface area contributed by atoms with Gasteiger partial charge in [-0.3, -0.25) is 4.79 Å². The third kappa shape index (κ3) is 2.91. The van der Waals surface area contributed by atoms with Crippen LogP contribution in [0.5, 0.6) is 0 Å². The predicted molar refractivity (Wildman–Crippen MR) is 64.0 cm³/mol. The molecule has 0 aliphatic carbocycles. The van der Waals surface area contributed by atoms with Crippen molar-refractivity contribution < 1.29 is 19.5 Å². The molecule has 1 rings (SSSR count). The lowest BCUT2D eigenvalue weighted by molar-refractivity contribution is -0.147. The van der Waals surface area contributed by atoms with Crippen molar-refractivity contribution in [3.05, 3.63) is 0 Å². The summed E-state index contributed by atoms with van der Waals surface area (Å²) in [7, 11) is 0. The van der Waals surface area contributed by atoms with Gasteiger partial charge in [-0.2, -0.15) is 0 Å². The first kappa shape index (κ1) is 14.3. The summed E-state index contributed by atoms with van der Waals surface area (Å²) >= 11 is 0. The lowest BCUT2D eigenvalue weighted by Gasteiger charge is -2.34. The van der Waals surface area contributed by atoms with Crippen LogP contribution in [0, 0.1) is 0 Å². The van der Waals surface area contributed by atoms with E-state index in [0.29, 0.717) is 6.54 Å². The van der Waals surface area contributed by atoms with Gasteiger partial charge >= 0.3 is 12.0 Å². The maximum atomic E-state index is 12.0. The Balaban J connectivity index is 2.68. The van der Waals surface area contributed by atoms with Gasteiger partial charge in [-0.15, -0.1) is 0 Å². The smallest absolute Gasteiger partial charge is 0.329 e. The number of nitrogens with zero attached hydrogens (tertiary/aromatic N) is 1. The third-order valence-corrected chi connectivity index (χ3v) is 3.06. The van der Waals surface area contributed by atoms with Crippen LogP contribution in [0.1, 0.15) is 27.2 Å². The fourth-order valence-corrected chi connectivity index (χ4v) is 1.87. The van der Waals surface area contributed by atoms with Gasteiger partial charge in [-0.25, -0.2) is 9.59 Å². The molecule has 1 saturated heterocycles. The Morgan fingerprint density at radius 2 is 2.17 bits per heavy atom. The van der Waals surface area contributed by atoms with E-state index in [1.54, 1.807) is 6.92 Å². The molecule has 3 N–H and O–H groups in total. The van der Waals surface area contributed by atoms with Gasteiger partial charge in [-0.1, -0.05) is 0 Å². The number of hydrogen-bond donors (Lipinski definition) is 3. The number of carboxylic acids is 1. The van der Waals surface area contributed by atoms with Gasteiger partial charge in [0.15, 0.2) is 0 Å². The molecule has 0 radical (unpaired) electrons.